The van der Waals surface area contributed by atoms with Gasteiger partial charge in [-0.3, -0.25) is 4.79 Å². The van der Waals surface area contributed by atoms with Crippen molar-refractivity contribution in [2.75, 3.05) is 32.8 Å². The molecule has 2 rings (SSSR count). The van der Waals surface area contributed by atoms with E-state index in [-0.39, 0.29) is 24.4 Å². The number of ether oxygens (including phenoxy) is 1. The molecule has 2 fully saturated rings. The molecule has 5 heteroatoms. The van der Waals surface area contributed by atoms with Gasteiger partial charge >= 0.3 is 0 Å². The van der Waals surface area contributed by atoms with Crippen LogP contribution in [0.5, 0.6) is 0 Å². The number of halogens is 1. The average molecular weight is 249 g/mol. The van der Waals surface area contributed by atoms with Crippen molar-refractivity contribution in [2.24, 2.45) is 5.92 Å². The molecule has 0 aromatic rings. The van der Waals surface area contributed by atoms with Crippen LogP contribution in [0.4, 0.5) is 0 Å². The van der Waals surface area contributed by atoms with Gasteiger partial charge in [-0.2, -0.15) is 0 Å². The first kappa shape index (κ1) is 13.7. The van der Waals surface area contributed by atoms with Gasteiger partial charge in [0.25, 0.3) is 5.91 Å². The summed E-state index contributed by atoms with van der Waals surface area (Å²) in [5.74, 6) is 0.813. The maximum atomic E-state index is 12.1. The highest BCUT2D eigenvalue weighted by atomic mass is 35.5. The summed E-state index contributed by atoms with van der Waals surface area (Å²) in [6.07, 6.45) is 2.13. The molecule has 2 atom stereocenters. The predicted molar refractivity (Wildman–Crippen MR) is 64.8 cm³/mol. The van der Waals surface area contributed by atoms with E-state index in [0.29, 0.717) is 19.1 Å². The standard InChI is InChI=1S/C11H20N2O2.ClH/c1-9-3-2-5-13(8-9)11(14)10-7-12-4-6-15-10;/h9-10,12H,2-8H2,1H3;1H/t9?,10-;/m0./s1. The Labute approximate surface area is 103 Å². The SMILES string of the molecule is CC1CCCN(C(=O)[C@@H]2CNCCO2)C1.Cl. The topological polar surface area (TPSA) is 41.6 Å². The number of rotatable bonds is 1. The van der Waals surface area contributed by atoms with Crippen molar-refractivity contribution in [3.63, 3.8) is 0 Å². The van der Waals surface area contributed by atoms with E-state index >= 15 is 0 Å². The van der Waals surface area contributed by atoms with Gasteiger partial charge in [-0.1, -0.05) is 6.92 Å². The van der Waals surface area contributed by atoms with Gasteiger partial charge in [0, 0.05) is 26.2 Å². The highest BCUT2D eigenvalue weighted by Crippen LogP contribution is 2.17. The van der Waals surface area contributed by atoms with Gasteiger partial charge in [0.05, 0.1) is 6.61 Å². The Hall–Kier alpha value is -0.320. The van der Waals surface area contributed by atoms with E-state index in [9.17, 15) is 4.79 Å². The van der Waals surface area contributed by atoms with E-state index in [1.165, 1.54) is 6.42 Å². The summed E-state index contributed by atoms with van der Waals surface area (Å²) in [5.41, 5.74) is 0. The summed E-state index contributed by atoms with van der Waals surface area (Å²) in [7, 11) is 0. The van der Waals surface area contributed by atoms with E-state index in [0.717, 1.165) is 26.1 Å². The van der Waals surface area contributed by atoms with Crippen molar-refractivity contribution in [3.8, 4) is 0 Å². The first-order chi connectivity index (χ1) is 7.27. The second-order valence-electron chi connectivity index (χ2n) is 4.60. The Balaban J connectivity index is 0.00000128. The zero-order chi connectivity index (χ0) is 10.7. The van der Waals surface area contributed by atoms with Crippen LogP contribution in [0.25, 0.3) is 0 Å². The van der Waals surface area contributed by atoms with Gasteiger partial charge in [-0.15, -0.1) is 12.4 Å². The summed E-state index contributed by atoms with van der Waals surface area (Å²) in [5, 5.41) is 3.19. The van der Waals surface area contributed by atoms with Crippen molar-refractivity contribution < 1.29 is 9.53 Å². The summed E-state index contributed by atoms with van der Waals surface area (Å²) >= 11 is 0. The number of carbonyl (C=O) groups excluding carboxylic acids is 1. The smallest absolute Gasteiger partial charge is 0.253 e. The Morgan fingerprint density at radius 2 is 2.31 bits per heavy atom. The van der Waals surface area contributed by atoms with Crippen molar-refractivity contribution in [1.29, 1.82) is 0 Å². The molecule has 0 aromatic heterocycles. The van der Waals surface area contributed by atoms with Crippen molar-refractivity contribution in [1.82, 2.24) is 10.2 Å². The normalized spacial score (nSPS) is 30.7. The summed E-state index contributed by atoms with van der Waals surface area (Å²) in [6.45, 7) is 6.20. The minimum absolute atomic E-state index is 0. The second-order valence-corrected chi connectivity index (χ2v) is 4.60. The lowest BCUT2D eigenvalue weighted by Crippen LogP contribution is -2.51. The van der Waals surface area contributed by atoms with E-state index in [2.05, 4.69) is 12.2 Å². The number of hydrogen-bond acceptors (Lipinski definition) is 3. The third-order valence-electron chi connectivity index (χ3n) is 3.17. The lowest BCUT2D eigenvalue weighted by atomic mass is 10.00. The van der Waals surface area contributed by atoms with Gasteiger partial charge in [0.15, 0.2) is 0 Å². The Morgan fingerprint density at radius 1 is 1.50 bits per heavy atom. The van der Waals surface area contributed by atoms with Crippen LogP contribution >= 0.6 is 12.4 Å². The van der Waals surface area contributed by atoms with Crippen LogP contribution in [0.2, 0.25) is 0 Å². The van der Waals surface area contributed by atoms with E-state index in [1.807, 2.05) is 4.90 Å². The summed E-state index contributed by atoms with van der Waals surface area (Å²) in [6, 6.07) is 0. The monoisotopic (exact) mass is 248 g/mol. The fraction of sp³-hybridized carbons (Fsp3) is 0.909. The molecule has 1 unspecified atom stereocenters. The van der Waals surface area contributed by atoms with Crippen molar-refractivity contribution >= 4 is 18.3 Å². The number of hydrogen-bond donors (Lipinski definition) is 1. The minimum Gasteiger partial charge on any atom is -0.366 e. The molecular weight excluding hydrogens is 228 g/mol. The molecule has 0 aliphatic carbocycles. The molecule has 16 heavy (non-hydrogen) atoms. The number of carbonyl (C=O) groups is 1. The molecule has 1 N–H and O–H groups in total. The largest absolute Gasteiger partial charge is 0.366 e. The third kappa shape index (κ3) is 3.34. The lowest BCUT2D eigenvalue weighted by molar-refractivity contribution is -0.146. The third-order valence-corrected chi connectivity index (χ3v) is 3.17. The Bertz CT molecular complexity index is 232. The van der Waals surface area contributed by atoms with E-state index in [4.69, 9.17) is 4.74 Å². The fourth-order valence-electron chi connectivity index (χ4n) is 2.32. The van der Waals surface area contributed by atoms with Crippen LogP contribution in [0.15, 0.2) is 0 Å². The fourth-order valence-corrected chi connectivity index (χ4v) is 2.32. The highest BCUT2D eigenvalue weighted by Gasteiger charge is 2.29. The van der Waals surface area contributed by atoms with Crippen molar-refractivity contribution in [3.05, 3.63) is 0 Å². The Morgan fingerprint density at radius 3 is 2.94 bits per heavy atom. The number of morpholine rings is 1. The van der Waals surface area contributed by atoms with Crippen LogP contribution in [0, 0.1) is 5.92 Å². The molecule has 0 spiro atoms. The van der Waals surface area contributed by atoms with Gasteiger partial charge in [-0.25, -0.2) is 0 Å². The number of amides is 1. The lowest BCUT2D eigenvalue weighted by Gasteiger charge is -2.34. The van der Waals surface area contributed by atoms with Gasteiger partial charge in [-0.05, 0) is 18.8 Å². The molecule has 0 aromatic carbocycles. The highest BCUT2D eigenvalue weighted by molar-refractivity contribution is 5.85. The van der Waals surface area contributed by atoms with Crippen molar-refractivity contribution in [2.45, 2.75) is 25.9 Å². The second kappa shape index (κ2) is 6.42. The number of piperidine rings is 1. The zero-order valence-electron chi connectivity index (χ0n) is 9.78. The number of likely N-dealkylation sites (tertiary alicyclic amines) is 1. The molecule has 2 heterocycles. The van der Waals surface area contributed by atoms with Crippen LogP contribution in [-0.4, -0.2) is 49.7 Å². The predicted octanol–water partition coefficient (Wildman–Crippen LogP) is 0.655. The van der Waals surface area contributed by atoms with Gasteiger partial charge in [0.1, 0.15) is 6.10 Å². The van der Waals surface area contributed by atoms with Crippen LogP contribution in [0.3, 0.4) is 0 Å². The maximum absolute atomic E-state index is 12.1. The number of nitrogens with one attached hydrogen (secondary N) is 1. The maximum Gasteiger partial charge on any atom is 0.253 e. The van der Waals surface area contributed by atoms with Crippen LogP contribution < -0.4 is 5.32 Å². The molecule has 2 aliphatic heterocycles. The first-order valence-electron chi connectivity index (χ1n) is 5.88. The molecular formula is C11H21ClN2O2. The van der Waals surface area contributed by atoms with Gasteiger partial charge < -0.3 is 15.0 Å². The molecule has 1 amide bonds. The van der Waals surface area contributed by atoms with Gasteiger partial charge in [0.2, 0.25) is 0 Å². The van der Waals surface area contributed by atoms with E-state index < -0.39 is 0 Å². The average Bonchev–Trinajstić information content (AvgIpc) is 2.29. The molecule has 2 aliphatic rings. The zero-order valence-corrected chi connectivity index (χ0v) is 10.6. The summed E-state index contributed by atoms with van der Waals surface area (Å²) < 4.78 is 5.47. The summed E-state index contributed by atoms with van der Waals surface area (Å²) in [4.78, 5) is 14.0. The Kier molecular flexibility index (Phi) is 5.52. The molecule has 4 nitrogen and oxygen atoms in total. The molecule has 0 bridgehead atoms. The molecule has 0 saturated carbocycles. The van der Waals surface area contributed by atoms with E-state index in [1.54, 1.807) is 0 Å². The van der Waals surface area contributed by atoms with Crippen LogP contribution in [0.1, 0.15) is 19.8 Å². The minimum atomic E-state index is -0.246. The molecule has 0 radical (unpaired) electrons. The number of nitrogens with zero attached hydrogens (tertiary/aromatic N) is 1. The first-order valence-corrected chi connectivity index (χ1v) is 5.88. The molecule has 94 valence electrons. The van der Waals surface area contributed by atoms with Crippen LogP contribution in [-0.2, 0) is 9.53 Å². The molecule has 2 saturated heterocycles. The quantitative estimate of drug-likeness (QED) is 0.741.